The molecule has 8 heteroatoms. The van der Waals surface area contributed by atoms with Crippen molar-refractivity contribution in [2.45, 2.75) is 25.9 Å². The van der Waals surface area contributed by atoms with Crippen molar-refractivity contribution in [1.82, 2.24) is 0 Å². The Labute approximate surface area is 118 Å². The first-order chi connectivity index (χ1) is 9.74. The number of nitrogens with zero attached hydrogens (tertiary/aromatic N) is 1. The van der Waals surface area contributed by atoms with Gasteiger partial charge in [0.15, 0.2) is 0 Å². The summed E-state index contributed by atoms with van der Waals surface area (Å²) in [6.07, 6.45) is -5.64. The molecule has 4 nitrogen and oxygen atoms in total. The van der Waals surface area contributed by atoms with Crippen molar-refractivity contribution >= 4 is 17.4 Å². The minimum Gasteiger partial charge on any atom is -0.491 e. The van der Waals surface area contributed by atoms with Crippen LogP contribution in [0, 0.1) is 5.82 Å². The monoisotopic (exact) mass is 307 g/mol. The molecule has 0 aliphatic rings. The van der Waals surface area contributed by atoms with Gasteiger partial charge in [0.05, 0.1) is 13.0 Å². The zero-order chi connectivity index (χ0) is 16.0. The first-order valence-electron chi connectivity index (χ1n) is 6.03. The number of aliphatic imine (C=N–C) groups is 1. The van der Waals surface area contributed by atoms with Gasteiger partial charge < -0.3 is 9.84 Å². The second-order valence-electron chi connectivity index (χ2n) is 4.09. The second kappa shape index (κ2) is 7.05. The Hall–Kier alpha value is -2.12. The number of carbonyl (C=O) groups is 1. The highest BCUT2D eigenvalue weighted by molar-refractivity contribution is 6.03. The van der Waals surface area contributed by atoms with E-state index in [1.54, 1.807) is 6.92 Å². The van der Waals surface area contributed by atoms with Gasteiger partial charge in [0, 0.05) is 6.07 Å². The smallest absolute Gasteiger partial charge is 0.430 e. The Kier molecular flexibility index (Phi) is 5.69. The van der Waals surface area contributed by atoms with Gasteiger partial charge in [-0.1, -0.05) is 6.92 Å². The largest absolute Gasteiger partial charge is 0.491 e. The van der Waals surface area contributed by atoms with Gasteiger partial charge in [0.2, 0.25) is 0 Å². The van der Waals surface area contributed by atoms with Crippen LogP contribution in [0.5, 0.6) is 5.75 Å². The Bertz CT molecular complexity index is 541. The number of carboxylic acid groups (broad SMARTS) is 1. The van der Waals surface area contributed by atoms with E-state index in [-0.39, 0.29) is 12.4 Å². The van der Waals surface area contributed by atoms with Crippen molar-refractivity contribution in [2.75, 3.05) is 6.61 Å². The van der Waals surface area contributed by atoms with E-state index in [2.05, 4.69) is 4.99 Å². The van der Waals surface area contributed by atoms with Gasteiger partial charge in [-0.05, 0) is 18.6 Å². The first-order valence-corrected chi connectivity index (χ1v) is 6.03. The van der Waals surface area contributed by atoms with Gasteiger partial charge in [-0.25, -0.2) is 9.38 Å². The number of carboxylic acids is 1. The summed E-state index contributed by atoms with van der Waals surface area (Å²) >= 11 is 0. The highest BCUT2D eigenvalue weighted by atomic mass is 19.4. The van der Waals surface area contributed by atoms with Crippen molar-refractivity contribution in [3.8, 4) is 5.75 Å². The third-order valence-electron chi connectivity index (χ3n) is 2.28. The molecular formula is C13H13F4NO3. The molecule has 0 spiro atoms. The summed E-state index contributed by atoms with van der Waals surface area (Å²) in [4.78, 5) is 13.7. The fourth-order valence-electron chi connectivity index (χ4n) is 1.40. The summed E-state index contributed by atoms with van der Waals surface area (Å²) in [6, 6.07) is 2.94. The Balaban J connectivity index is 3.24. The molecule has 0 unspecified atom stereocenters. The molecule has 0 saturated carbocycles. The standard InChI is InChI=1S/C13H13F4NO3/c1-2-5-21-10-4-3-8(14)6-9(10)18-11(7-12(19)20)13(15,16)17/h3-4,6H,2,5,7H2,1H3,(H,19,20). The topological polar surface area (TPSA) is 58.9 Å². The normalized spacial score (nSPS) is 12.3. The van der Waals surface area contributed by atoms with E-state index in [4.69, 9.17) is 9.84 Å². The highest BCUT2D eigenvalue weighted by Crippen LogP contribution is 2.31. The molecular weight excluding hydrogens is 294 g/mol. The van der Waals surface area contributed by atoms with E-state index in [0.29, 0.717) is 6.42 Å². The zero-order valence-corrected chi connectivity index (χ0v) is 11.1. The minimum absolute atomic E-state index is 0.0367. The molecule has 1 rings (SSSR count). The van der Waals surface area contributed by atoms with Crippen LogP contribution in [0.4, 0.5) is 23.2 Å². The van der Waals surface area contributed by atoms with Crippen LogP contribution in [0.15, 0.2) is 23.2 Å². The number of rotatable bonds is 6. The second-order valence-corrected chi connectivity index (χ2v) is 4.09. The zero-order valence-electron chi connectivity index (χ0n) is 11.1. The van der Waals surface area contributed by atoms with Crippen molar-refractivity contribution in [3.05, 3.63) is 24.0 Å². The van der Waals surface area contributed by atoms with Crippen LogP contribution >= 0.6 is 0 Å². The van der Waals surface area contributed by atoms with Gasteiger partial charge in [0.25, 0.3) is 0 Å². The average Bonchev–Trinajstić information content (AvgIpc) is 2.35. The highest BCUT2D eigenvalue weighted by Gasteiger charge is 2.37. The predicted octanol–water partition coefficient (Wildman–Crippen LogP) is 3.72. The number of hydrogen-bond donors (Lipinski definition) is 1. The van der Waals surface area contributed by atoms with Crippen molar-refractivity contribution in [3.63, 3.8) is 0 Å². The lowest BCUT2D eigenvalue weighted by Gasteiger charge is -2.11. The van der Waals surface area contributed by atoms with Crippen molar-refractivity contribution in [2.24, 2.45) is 4.99 Å². The summed E-state index contributed by atoms with van der Waals surface area (Å²) in [5, 5.41) is 8.50. The van der Waals surface area contributed by atoms with Gasteiger partial charge in [-0.15, -0.1) is 0 Å². The third kappa shape index (κ3) is 5.41. The van der Waals surface area contributed by atoms with E-state index in [1.807, 2.05) is 0 Å². The molecule has 0 bridgehead atoms. The summed E-state index contributed by atoms with van der Waals surface area (Å²) in [7, 11) is 0. The molecule has 116 valence electrons. The summed E-state index contributed by atoms with van der Waals surface area (Å²) < 4.78 is 56.5. The van der Waals surface area contributed by atoms with Gasteiger partial charge in [0.1, 0.15) is 23.0 Å². The van der Waals surface area contributed by atoms with E-state index in [9.17, 15) is 22.4 Å². The van der Waals surface area contributed by atoms with E-state index < -0.39 is 35.8 Å². The van der Waals surface area contributed by atoms with Crippen LogP contribution in [-0.2, 0) is 4.79 Å². The molecule has 1 aromatic carbocycles. The van der Waals surface area contributed by atoms with E-state index in [1.165, 1.54) is 0 Å². The molecule has 0 atom stereocenters. The quantitative estimate of drug-likeness (QED) is 0.643. The molecule has 0 heterocycles. The molecule has 1 N–H and O–H groups in total. The maximum atomic E-state index is 13.2. The number of hydrogen-bond acceptors (Lipinski definition) is 3. The molecule has 0 radical (unpaired) electrons. The van der Waals surface area contributed by atoms with Crippen LogP contribution in [0.1, 0.15) is 19.8 Å². The van der Waals surface area contributed by atoms with Crippen LogP contribution in [0.3, 0.4) is 0 Å². The number of ether oxygens (including phenoxy) is 1. The number of aliphatic carboxylic acids is 1. The summed E-state index contributed by atoms with van der Waals surface area (Å²) in [5.74, 6) is -2.52. The molecule has 0 aliphatic carbocycles. The van der Waals surface area contributed by atoms with E-state index >= 15 is 0 Å². The molecule has 0 aromatic heterocycles. The molecule has 21 heavy (non-hydrogen) atoms. The number of halogens is 4. The number of alkyl halides is 3. The molecule has 0 aliphatic heterocycles. The Morgan fingerprint density at radius 2 is 2.05 bits per heavy atom. The van der Waals surface area contributed by atoms with Crippen LogP contribution < -0.4 is 4.74 Å². The molecule has 0 saturated heterocycles. The summed E-state index contributed by atoms with van der Waals surface area (Å²) in [5.41, 5.74) is -1.92. The van der Waals surface area contributed by atoms with Crippen LogP contribution in [0.2, 0.25) is 0 Å². The van der Waals surface area contributed by atoms with Gasteiger partial charge in [-0.2, -0.15) is 13.2 Å². The molecule has 0 amide bonds. The minimum atomic E-state index is -4.92. The average molecular weight is 307 g/mol. The van der Waals surface area contributed by atoms with Crippen LogP contribution in [-0.4, -0.2) is 29.6 Å². The lowest BCUT2D eigenvalue weighted by molar-refractivity contribution is -0.136. The van der Waals surface area contributed by atoms with Crippen molar-refractivity contribution < 1.29 is 32.2 Å². The van der Waals surface area contributed by atoms with Crippen LogP contribution in [0.25, 0.3) is 0 Å². The predicted molar refractivity (Wildman–Crippen MR) is 67.6 cm³/mol. The maximum absolute atomic E-state index is 13.2. The van der Waals surface area contributed by atoms with Gasteiger partial charge >= 0.3 is 12.1 Å². The third-order valence-corrected chi connectivity index (χ3v) is 2.28. The van der Waals surface area contributed by atoms with Gasteiger partial charge in [-0.3, -0.25) is 4.79 Å². The number of benzene rings is 1. The SMILES string of the molecule is CCCOc1ccc(F)cc1N=C(CC(=O)O)C(F)(F)F. The fraction of sp³-hybridized carbons (Fsp3) is 0.385. The fourth-order valence-corrected chi connectivity index (χ4v) is 1.40. The molecule has 0 fully saturated rings. The first kappa shape index (κ1) is 16.9. The summed E-state index contributed by atoms with van der Waals surface area (Å²) in [6.45, 7) is 2.01. The Morgan fingerprint density at radius 3 is 2.57 bits per heavy atom. The van der Waals surface area contributed by atoms with Crippen molar-refractivity contribution in [1.29, 1.82) is 0 Å². The molecule has 1 aromatic rings. The maximum Gasteiger partial charge on any atom is 0.430 e. The van der Waals surface area contributed by atoms with E-state index in [0.717, 1.165) is 18.2 Å². The lowest BCUT2D eigenvalue weighted by atomic mass is 10.2. The lowest BCUT2D eigenvalue weighted by Crippen LogP contribution is -2.25. The Morgan fingerprint density at radius 1 is 1.38 bits per heavy atom.